The first kappa shape index (κ1) is 6.89. The molecule has 0 aromatic heterocycles. The first-order valence-corrected chi connectivity index (χ1v) is 2.84. The number of hydrogen-bond acceptors (Lipinski definition) is 2. The van der Waals surface area contributed by atoms with E-state index in [-0.39, 0.29) is 0 Å². The van der Waals surface area contributed by atoms with Crippen molar-refractivity contribution in [2.24, 2.45) is 0 Å². The van der Waals surface area contributed by atoms with Gasteiger partial charge in [-0.15, -0.1) is 0 Å². The van der Waals surface area contributed by atoms with Gasteiger partial charge in [0.15, 0.2) is 0 Å². The summed E-state index contributed by atoms with van der Waals surface area (Å²) in [6, 6.07) is 0. The zero-order valence-corrected chi connectivity index (χ0v) is 5.65. The van der Waals surface area contributed by atoms with E-state index < -0.39 is 0 Å². The molecule has 0 atom stereocenters. The average Bonchev–Trinajstić information content (AvgIpc) is 1.61. The minimum Gasteiger partial charge on any atom is -0.384 e. The number of thiol groups is 1. The molecule has 2 heteroatoms. The van der Waals surface area contributed by atoms with Crippen molar-refractivity contribution in [2.75, 3.05) is 19.8 Å². The Kier molecular flexibility index (Phi) is 4.00. The molecule has 0 rings (SSSR count). The average molecular weight is 117 g/mol. The Balaban J connectivity index is 3.08. The van der Waals surface area contributed by atoms with Crippen LogP contribution in [0.25, 0.3) is 0 Å². The normalized spacial score (nSPS) is 10.1. The third-order valence-corrected chi connectivity index (χ3v) is 0.720. The molecule has 0 N–H and O–H groups in total. The molecule has 0 aliphatic heterocycles. The summed E-state index contributed by atoms with van der Waals surface area (Å²) in [5, 5.41) is 0. The lowest BCUT2D eigenvalue weighted by Crippen LogP contribution is -1.99. The van der Waals surface area contributed by atoms with Crippen LogP contribution in [0.1, 0.15) is 0 Å². The lowest BCUT2D eigenvalue weighted by molar-refractivity contribution is 0.563. The predicted octanol–water partition coefficient (Wildman–Crippen LogP) is 0.991. The van der Waals surface area contributed by atoms with Gasteiger partial charge < -0.3 is 4.90 Å². The minimum absolute atomic E-state index is 0.818. The molecule has 0 amide bonds. The fourth-order valence-corrected chi connectivity index (χ4v) is 0.352. The highest BCUT2D eigenvalue weighted by Gasteiger charge is 1.69. The SMILES string of the molecule is CN(C)/C=C\CS. The summed E-state index contributed by atoms with van der Waals surface area (Å²) in [6.07, 6.45) is 3.97. The van der Waals surface area contributed by atoms with Crippen molar-refractivity contribution in [1.82, 2.24) is 4.90 Å². The predicted molar refractivity (Wildman–Crippen MR) is 36.7 cm³/mol. The number of nitrogens with zero attached hydrogens (tertiary/aromatic N) is 1. The molecule has 1 nitrogen and oxygen atoms in total. The van der Waals surface area contributed by atoms with Crippen molar-refractivity contribution in [1.29, 1.82) is 0 Å². The Labute approximate surface area is 50.4 Å². The fourth-order valence-electron chi connectivity index (χ4n) is 0.258. The third-order valence-electron chi connectivity index (χ3n) is 0.509. The summed E-state index contributed by atoms with van der Waals surface area (Å²) in [4.78, 5) is 1.98. The standard InChI is InChI=1S/C5H11NS/c1-6(2)4-3-5-7/h3-4,7H,5H2,1-2H3/b4-3-. The van der Waals surface area contributed by atoms with Gasteiger partial charge >= 0.3 is 0 Å². The first-order valence-electron chi connectivity index (χ1n) is 2.21. The number of rotatable bonds is 2. The maximum absolute atomic E-state index is 3.98. The van der Waals surface area contributed by atoms with E-state index in [2.05, 4.69) is 12.6 Å². The quantitative estimate of drug-likeness (QED) is 0.528. The summed E-state index contributed by atoms with van der Waals surface area (Å²) in [6.45, 7) is 0. The molecule has 0 radical (unpaired) electrons. The van der Waals surface area contributed by atoms with E-state index in [9.17, 15) is 0 Å². The molecule has 42 valence electrons. The molecule has 0 saturated heterocycles. The maximum Gasteiger partial charge on any atom is 0.00998 e. The molecule has 0 aliphatic rings. The summed E-state index contributed by atoms with van der Waals surface area (Å²) in [5.74, 6) is 0.818. The molecule has 0 fully saturated rings. The van der Waals surface area contributed by atoms with Crippen LogP contribution in [-0.4, -0.2) is 24.7 Å². The topological polar surface area (TPSA) is 3.24 Å². The smallest absolute Gasteiger partial charge is 0.00998 e. The lowest BCUT2D eigenvalue weighted by Gasteiger charge is -2.00. The Hall–Kier alpha value is -0.110. The summed E-state index contributed by atoms with van der Waals surface area (Å²) >= 11 is 3.98. The van der Waals surface area contributed by atoms with E-state index in [1.165, 1.54) is 0 Å². The van der Waals surface area contributed by atoms with Crippen LogP contribution in [0.3, 0.4) is 0 Å². The van der Waals surface area contributed by atoms with Crippen molar-refractivity contribution in [3.63, 3.8) is 0 Å². The monoisotopic (exact) mass is 117 g/mol. The molecular formula is C5H11NS. The summed E-state index contributed by atoms with van der Waals surface area (Å²) in [7, 11) is 3.97. The second kappa shape index (κ2) is 4.06. The van der Waals surface area contributed by atoms with E-state index in [0.29, 0.717) is 0 Å². The Morgan fingerprint density at radius 3 is 2.29 bits per heavy atom. The van der Waals surface area contributed by atoms with Crippen molar-refractivity contribution in [3.8, 4) is 0 Å². The van der Waals surface area contributed by atoms with Crippen LogP contribution >= 0.6 is 12.6 Å². The largest absolute Gasteiger partial charge is 0.384 e. The van der Waals surface area contributed by atoms with Crippen molar-refractivity contribution < 1.29 is 0 Å². The van der Waals surface area contributed by atoms with Crippen LogP contribution in [-0.2, 0) is 0 Å². The zero-order valence-electron chi connectivity index (χ0n) is 4.76. The minimum atomic E-state index is 0.818. The Morgan fingerprint density at radius 2 is 2.14 bits per heavy atom. The summed E-state index contributed by atoms with van der Waals surface area (Å²) in [5.41, 5.74) is 0. The van der Waals surface area contributed by atoms with Crippen molar-refractivity contribution in [3.05, 3.63) is 12.3 Å². The van der Waals surface area contributed by atoms with Gasteiger partial charge in [0.25, 0.3) is 0 Å². The van der Waals surface area contributed by atoms with Crippen molar-refractivity contribution in [2.45, 2.75) is 0 Å². The van der Waals surface area contributed by atoms with E-state index in [4.69, 9.17) is 0 Å². The van der Waals surface area contributed by atoms with Crippen LogP contribution < -0.4 is 0 Å². The molecule has 0 aromatic rings. The molecule has 0 aliphatic carbocycles. The van der Waals surface area contributed by atoms with Gasteiger partial charge in [0.1, 0.15) is 0 Å². The van der Waals surface area contributed by atoms with E-state index in [0.717, 1.165) is 5.75 Å². The van der Waals surface area contributed by atoms with Crippen LogP contribution in [0.2, 0.25) is 0 Å². The molecule has 0 heterocycles. The summed E-state index contributed by atoms with van der Waals surface area (Å²) < 4.78 is 0. The highest BCUT2D eigenvalue weighted by Crippen LogP contribution is 1.78. The van der Waals surface area contributed by atoms with Gasteiger partial charge in [-0.25, -0.2) is 0 Å². The molecule has 0 aromatic carbocycles. The van der Waals surface area contributed by atoms with E-state index in [1.54, 1.807) is 0 Å². The third kappa shape index (κ3) is 5.89. The van der Waals surface area contributed by atoms with Gasteiger partial charge in [0.05, 0.1) is 0 Å². The highest BCUT2D eigenvalue weighted by molar-refractivity contribution is 7.80. The van der Waals surface area contributed by atoms with Gasteiger partial charge in [-0.1, -0.05) is 6.08 Å². The maximum atomic E-state index is 3.98. The van der Waals surface area contributed by atoms with Gasteiger partial charge in [-0.05, 0) is 6.20 Å². The van der Waals surface area contributed by atoms with Gasteiger partial charge in [-0.3, -0.25) is 0 Å². The zero-order chi connectivity index (χ0) is 5.70. The molecule has 7 heavy (non-hydrogen) atoms. The van der Waals surface area contributed by atoms with Crippen LogP contribution in [0.5, 0.6) is 0 Å². The first-order chi connectivity index (χ1) is 3.27. The lowest BCUT2D eigenvalue weighted by atomic mass is 10.7. The second-order valence-corrected chi connectivity index (χ2v) is 1.90. The molecule has 0 unspecified atom stereocenters. The Morgan fingerprint density at radius 1 is 1.57 bits per heavy atom. The van der Waals surface area contributed by atoms with Crippen molar-refractivity contribution >= 4 is 12.6 Å². The van der Waals surface area contributed by atoms with Crippen LogP contribution in [0.15, 0.2) is 12.3 Å². The van der Waals surface area contributed by atoms with Crippen LogP contribution in [0, 0.1) is 0 Å². The van der Waals surface area contributed by atoms with E-state index in [1.807, 2.05) is 31.3 Å². The highest BCUT2D eigenvalue weighted by atomic mass is 32.1. The van der Waals surface area contributed by atoms with Crippen LogP contribution in [0.4, 0.5) is 0 Å². The van der Waals surface area contributed by atoms with Gasteiger partial charge in [0.2, 0.25) is 0 Å². The molecule has 0 spiro atoms. The van der Waals surface area contributed by atoms with Gasteiger partial charge in [0, 0.05) is 19.8 Å². The molecule has 0 saturated carbocycles. The number of hydrogen-bond donors (Lipinski definition) is 1. The van der Waals surface area contributed by atoms with E-state index >= 15 is 0 Å². The Bertz CT molecular complexity index is 59.1. The fraction of sp³-hybridized carbons (Fsp3) is 0.600. The molecular weight excluding hydrogens is 106 g/mol. The molecule has 0 bridgehead atoms. The second-order valence-electron chi connectivity index (χ2n) is 1.53. The van der Waals surface area contributed by atoms with Gasteiger partial charge in [-0.2, -0.15) is 12.6 Å².